The number of ether oxygens (including phenoxy) is 1. The second kappa shape index (κ2) is 4.80. The molecular formula is C10H11NOS2. The van der Waals surface area contributed by atoms with Crippen LogP contribution >= 0.6 is 23.6 Å². The van der Waals surface area contributed by atoms with Crippen molar-refractivity contribution in [2.45, 2.75) is 25.4 Å². The van der Waals surface area contributed by atoms with Crippen molar-refractivity contribution >= 4 is 33.7 Å². The van der Waals surface area contributed by atoms with E-state index in [0.29, 0.717) is 0 Å². The minimum atomic E-state index is 0.220. The molecule has 0 spiro atoms. The maximum absolute atomic E-state index is 5.69. The van der Waals surface area contributed by atoms with Crippen LogP contribution in [0, 0.1) is 0 Å². The minimum absolute atomic E-state index is 0.220. The summed E-state index contributed by atoms with van der Waals surface area (Å²) in [6, 6.07) is 2.08. The molecule has 0 bridgehead atoms. The van der Waals surface area contributed by atoms with Crippen molar-refractivity contribution in [2.75, 3.05) is 6.61 Å². The average Bonchev–Trinajstić information content (AvgIpc) is 2.68. The summed E-state index contributed by atoms with van der Waals surface area (Å²) in [5.74, 6) is 0. The predicted molar refractivity (Wildman–Crippen MR) is 61.5 cm³/mol. The van der Waals surface area contributed by atoms with Crippen molar-refractivity contribution in [1.29, 1.82) is 0 Å². The number of hydrogen-bond acceptors (Lipinski definition) is 4. The number of aliphatic imine (C=N–C) groups is 1. The van der Waals surface area contributed by atoms with E-state index < -0.39 is 0 Å². The highest BCUT2D eigenvalue weighted by Crippen LogP contribution is 2.37. The van der Waals surface area contributed by atoms with Crippen LogP contribution in [0.2, 0.25) is 0 Å². The van der Waals surface area contributed by atoms with Crippen molar-refractivity contribution in [3.8, 4) is 0 Å². The van der Waals surface area contributed by atoms with Gasteiger partial charge in [-0.15, -0.1) is 11.3 Å². The molecule has 1 aliphatic heterocycles. The zero-order chi connectivity index (χ0) is 9.80. The highest BCUT2D eigenvalue weighted by molar-refractivity contribution is 7.78. The van der Waals surface area contributed by atoms with Gasteiger partial charge < -0.3 is 4.74 Å². The van der Waals surface area contributed by atoms with Crippen LogP contribution in [0.3, 0.4) is 0 Å². The molecule has 1 aromatic rings. The van der Waals surface area contributed by atoms with Gasteiger partial charge in [-0.1, -0.05) is 0 Å². The summed E-state index contributed by atoms with van der Waals surface area (Å²) in [6.45, 7) is 0.862. The SMILES string of the molecule is S=C=Nc1sccc1C1CCCCO1. The summed E-state index contributed by atoms with van der Waals surface area (Å²) >= 11 is 6.20. The van der Waals surface area contributed by atoms with Gasteiger partial charge >= 0.3 is 0 Å². The monoisotopic (exact) mass is 225 g/mol. The number of hydrogen-bond donors (Lipinski definition) is 0. The minimum Gasteiger partial charge on any atom is -0.373 e. The summed E-state index contributed by atoms with van der Waals surface area (Å²) in [5, 5.41) is 5.39. The molecule has 1 unspecified atom stereocenters. The molecule has 0 N–H and O–H groups in total. The first kappa shape index (κ1) is 9.99. The van der Waals surface area contributed by atoms with Crippen molar-refractivity contribution < 1.29 is 4.74 Å². The third-order valence-electron chi connectivity index (χ3n) is 2.35. The Morgan fingerprint density at radius 1 is 1.57 bits per heavy atom. The molecule has 0 aliphatic carbocycles. The molecule has 0 radical (unpaired) electrons. The van der Waals surface area contributed by atoms with Gasteiger partial charge in [-0.3, -0.25) is 0 Å². The van der Waals surface area contributed by atoms with E-state index in [2.05, 4.69) is 28.4 Å². The van der Waals surface area contributed by atoms with Crippen LogP contribution in [-0.4, -0.2) is 11.8 Å². The molecule has 1 fully saturated rings. The number of thiophene rings is 1. The van der Waals surface area contributed by atoms with Crippen LogP contribution in [0.4, 0.5) is 5.00 Å². The summed E-state index contributed by atoms with van der Waals surface area (Å²) < 4.78 is 5.69. The third kappa shape index (κ3) is 2.10. The fraction of sp³-hybridized carbons (Fsp3) is 0.500. The third-order valence-corrected chi connectivity index (χ3v) is 3.26. The average molecular weight is 225 g/mol. The summed E-state index contributed by atoms with van der Waals surface area (Å²) in [4.78, 5) is 4.05. The van der Waals surface area contributed by atoms with E-state index in [-0.39, 0.29) is 6.10 Å². The molecule has 1 aromatic heterocycles. The van der Waals surface area contributed by atoms with E-state index in [1.807, 2.05) is 5.38 Å². The molecule has 1 atom stereocenters. The molecule has 1 saturated heterocycles. The van der Waals surface area contributed by atoms with Crippen molar-refractivity contribution in [1.82, 2.24) is 0 Å². The van der Waals surface area contributed by atoms with Gasteiger partial charge in [-0.25, -0.2) is 0 Å². The summed E-state index contributed by atoms with van der Waals surface area (Å²) in [5.41, 5.74) is 1.17. The lowest BCUT2D eigenvalue weighted by atomic mass is 10.0. The Balaban J connectivity index is 2.21. The normalized spacial score (nSPS) is 21.6. The lowest BCUT2D eigenvalue weighted by Crippen LogP contribution is -2.10. The number of thiocarbonyl (C=S) groups is 1. The fourth-order valence-electron chi connectivity index (χ4n) is 1.67. The van der Waals surface area contributed by atoms with Gasteiger partial charge in [0.25, 0.3) is 0 Å². The highest BCUT2D eigenvalue weighted by Gasteiger charge is 2.19. The van der Waals surface area contributed by atoms with Gasteiger partial charge in [-0.05, 0) is 42.9 Å². The van der Waals surface area contributed by atoms with Gasteiger partial charge in [0, 0.05) is 12.2 Å². The first-order valence-electron chi connectivity index (χ1n) is 4.68. The highest BCUT2D eigenvalue weighted by atomic mass is 32.1. The Hall–Kier alpha value is -0.540. The van der Waals surface area contributed by atoms with Gasteiger partial charge in [0.05, 0.1) is 11.3 Å². The standard InChI is InChI=1S/C10H11NOS2/c13-7-11-10-8(4-6-14-10)9-3-1-2-5-12-9/h4,6,9H,1-3,5H2. The molecule has 14 heavy (non-hydrogen) atoms. The molecule has 4 heteroatoms. The molecule has 2 heterocycles. The molecular weight excluding hydrogens is 214 g/mol. The Morgan fingerprint density at radius 3 is 3.21 bits per heavy atom. The molecule has 2 rings (SSSR count). The summed E-state index contributed by atoms with van der Waals surface area (Å²) in [6.07, 6.45) is 3.72. The molecule has 0 saturated carbocycles. The first-order chi connectivity index (χ1) is 6.92. The van der Waals surface area contributed by atoms with Gasteiger partial charge in [0.1, 0.15) is 5.00 Å². The number of isothiocyanates is 1. The van der Waals surface area contributed by atoms with E-state index in [9.17, 15) is 0 Å². The van der Waals surface area contributed by atoms with Crippen LogP contribution in [0.15, 0.2) is 16.4 Å². The second-order valence-corrected chi connectivity index (χ2v) is 4.32. The number of rotatable bonds is 2. The van der Waals surface area contributed by atoms with Crippen molar-refractivity contribution in [2.24, 2.45) is 4.99 Å². The Morgan fingerprint density at radius 2 is 2.50 bits per heavy atom. The summed E-state index contributed by atoms with van der Waals surface area (Å²) in [7, 11) is 0. The van der Waals surface area contributed by atoms with Crippen LogP contribution in [0.25, 0.3) is 0 Å². The van der Waals surface area contributed by atoms with Crippen LogP contribution in [-0.2, 0) is 4.74 Å². The quantitative estimate of drug-likeness (QED) is 0.565. The lowest BCUT2D eigenvalue weighted by Gasteiger charge is -2.22. The maximum Gasteiger partial charge on any atom is 0.132 e. The largest absolute Gasteiger partial charge is 0.373 e. The maximum atomic E-state index is 5.69. The lowest BCUT2D eigenvalue weighted by molar-refractivity contribution is 0.0155. The Bertz CT molecular complexity index is 349. The fourth-order valence-corrected chi connectivity index (χ4v) is 2.60. The van der Waals surface area contributed by atoms with Gasteiger partial charge in [-0.2, -0.15) is 4.99 Å². The first-order valence-corrected chi connectivity index (χ1v) is 5.97. The van der Waals surface area contributed by atoms with Crippen LogP contribution < -0.4 is 0 Å². The van der Waals surface area contributed by atoms with Gasteiger partial charge in [0.2, 0.25) is 0 Å². The number of nitrogens with zero attached hydrogens (tertiary/aromatic N) is 1. The smallest absolute Gasteiger partial charge is 0.132 e. The van der Waals surface area contributed by atoms with Crippen LogP contribution in [0.5, 0.6) is 0 Å². The molecule has 1 aliphatic rings. The van der Waals surface area contributed by atoms with Crippen molar-refractivity contribution in [3.05, 3.63) is 17.0 Å². The van der Waals surface area contributed by atoms with Gasteiger partial charge in [0.15, 0.2) is 0 Å². The van der Waals surface area contributed by atoms with E-state index in [0.717, 1.165) is 18.0 Å². The van der Waals surface area contributed by atoms with E-state index in [1.165, 1.54) is 18.4 Å². The van der Waals surface area contributed by atoms with E-state index in [1.54, 1.807) is 11.3 Å². The topological polar surface area (TPSA) is 21.6 Å². The molecule has 0 amide bonds. The second-order valence-electron chi connectivity index (χ2n) is 3.24. The Labute approximate surface area is 92.6 Å². The molecule has 2 nitrogen and oxygen atoms in total. The Kier molecular flexibility index (Phi) is 3.43. The van der Waals surface area contributed by atoms with E-state index >= 15 is 0 Å². The molecule has 0 aromatic carbocycles. The van der Waals surface area contributed by atoms with E-state index in [4.69, 9.17) is 4.74 Å². The van der Waals surface area contributed by atoms with Crippen LogP contribution in [0.1, 0.15) is 30.9 Å². The zero-order valence-electron chi connectivity index (χ0n) is 7.73. The predicted octanol–water partition coefficient (Wildman–Crippen LogP) is 3.72. The van der Waals surface area contributed by atoms with Crippen molar-refractivity contribution in [3.63, 3.8) is 0 Å². The molecule has 74 valence electrons. The zero-order valence-corrected chi connectivity index (χ0v) is 9.37.